The van der Waals surface area contributed by atoms with Gasteiger partial charge >= 0.3 is 0 Å². The summed E-state index contributed by atoms with van der Waals surface area (Å²) in [4.78, 5) is 18.6. The van der Waals surface area contributed by atoms with Gasteiger partial charge in [0.2, 0.25) is 15.2 Å². The van der Waals surface area contributed by atoms with Gasteiger partial charge in [-0.2, -0.15) is 14.4 Å². The maximum atomic E-state index is 13.7. The van der Waals surface area contributed by atoms with Crippen molar-refractivity contribution in [3.63, 3.8) is 0 Å². The van der Waals surface area contributed by atoms with Gasteiger partial charge in [-0.15, -0.1) is 0 Å². The zero-order chi connectivity index (χ0) is 28.4. The number of rotatable bonds is 7. The number of nitrogens with zero attached hydrogens (tertiary/aromatic N) is 4. The zero-order valence-electron chi connectivity index (χ0n) is 22.3. The third-order valence-electron chi connectivity index (χ3n) is 6.73. The van der Waals surface area contributed by atoms with E-state index in [1.807, 2.05) is 42.5 Å². The summed E-state index contributed by atoms with van der Waals surface area (Å²) in [6.07, 6.45) is 2.59. The minimum absolute atomic E-state index is 0.170. The van der Waals surface area contributed by atoms with Crippen molar-refractivity contribution in [3.05, 3.63) is 82.3 Å². The third kappa shape index (κ3) is 6.12. The quantitative estimate of drug-likeness (QED) is 0.172. The second-order valence-electron chi connectivity index (χ2n) is 10.0. The minimum Gasteiger partial charge on any atom is -0.497 e. The van der Waals surface area contributed by atoms with E-state index < -0.39 is 15.9 Å². The molecule has 0 saturated carbocycles. The molecule has 0 aliphatic carbocycles. The molecular weight excluding hydrogens is 612 g/mol. The molecule has 40 heavy (non-hydrogen) atoms. The van der Waals surface area contributed by atoms with Crippen LogP contribution in [-0.4, -0.2) is 50.0 Å². The fourth-order valence-corrected chi connectivity index (χ4v) is 7.98. The SMILES string of the molecule is COc1ccc(/C=N/N(C(=O)c2ccc(S(=O)(=O)N3CC(C)CC(C)C3)cc2)c2nc3ccc(Br)cc3s2)cc1. The summed E-state index contributed by atoms with van der Waals surface area (Å²) in [6, 6.07) is 19.0. The van der Waals surface area contributed by atoms with Crippen molar-refractivity contribution in [2.24, 2.45) is 16.9 Å². The van der Waals surface area contributed by atoms with Crippen molar-refractivity contribution in [2.75, 3.05) is 25.2 Å². The van der Waals surface area contributed by atoms with Crippen LogP contribution in [0.3, 0.4) is 0 Å². The minimum atomic E-state index is -3.66. The molecule has 2 unspecified atom stereocenters. The van der Waals surface area contributed by atoms with E-state index >= 15 is 0 Å². The van der Waals surface area contributed by atoms with Crippen LogP contribution in [0.5, 0.6) is 5.75 Å². The molecule has 3 aromatic carbocycles. The Labute approximate surface area is 246 Å². The topological polar surface area (TPSA) is 92.2 Å². The van der Waals surface area contributed by atoms with Crippen molar-refractivity contribution in [1.29, 1.82) is 0 Å². The number of carbonyl (C=O) groups is 1. The van der Waals surface area contributed by atoms with Gasteiger partial charge < -0.3 is 4.74 Å². The van der Waals surface area contributed by atoms with E-state index in [2.05, 4.69) is 39.9 Å². The van der Waals surface area contributed by atoms with Gasteiger partial charge in [-0.25, -0.2) is 13.4 Å². The van der Waals surface area contributed by atoms with Gasteiger partial charge in [-0.1, -0.05) is 41.1 Å². The van der Waals surface area contributed by atoms with Gasteiger partial charge in [-0.05, 0) is 90.6 Å². The second kappa shape index (κ2) is 11.8. The van der Waals surface area contributed by atoms with Crippen LogP contribution in [0.2, 0.25) is 0 Å². The van der Waals surface area contributed by atoms with E-state index in [4.69, 9.17) is 4.74 Å². The van der Waals surface area contributed by atoms with Crippen molar-refractivity contribution < 1.29 is 17.9 Å². The molecule has 2 atom stereocenters. The van der Waals surface area contributed by atoms with Gasteiger partial charge in [0.25, 0.3) is 5.91 Å². The second-order valence-corrected chi connectivity index (χ2v) is 13.9. The number of halogens is 1. The van der Waals surface area contributed by atoms with Crippen LogP contribution in [0.25, 0.3) is 10.2 Å². The Morgan fingerprint density at radius 2 is 1.75 bits per heavy atom. The van der Waals surface area contributed by atoms with Crippen LogP contribution in [0, 0.1) is 11.8 Å². The Hall–Kier alpha value is -3.12. The summed E-state index contributed by atoms with van der Waals surface area (Å²) in [5, 5.41) is 6.15. The number of hydrogen-bond donors (Lipinski definition) is 0. The maximum absolute atomic E-state index is 13.7. The van der Waals surface area contributed by atoms with Gasteiger partial charge in [0.1, 0.15) is 5.75 Å². The largest absolute Gasteiger partial charge is 0.497 e. The lowest BCUT2D eigenvalue weighted by Crippen LogP contribution is -2.42. The average Bonchev–Trinajstić information content (AvgIpc) is 3.35. The van der Waals surface area contributed by atoms with Crippen molar-refractivity contribution >= 4 is 64.8 Å². The highest BCUT2D eigenvalue weighted by Crippen LogP contribution is 2.32. The van der Waals surface area contributed by atoms with Crippen LogP contribution in [-0.2, 0) is 10.0 Å². The third-order valence-corrected chi connectivity index (χ3v) is 10.1. The first-order valence-electron chi connectivity index (χ1n) is 12.8. The summed E-state index contributed by atoms with van der Waals surface area (Å²) < 4.78 is 35.2. The summed E-state index contributed by atoms with van der Waals surface area (Å²) in [5.74, 6) is 0.884. The Morgan fingerprint density at radius 1 is 1.07 bits per heavy atom. The summed E-state index contributed by atoms with van der Waals surface area (Å²) >= 11 is 4.82. The molecule has 1 amide bonds. The molecule has 0 N–H and O–H groups in total. The standard InChI is InChI=1S/C29H29BrN4O4S2/c1-19-14-20(2)18-33(17-19)40(36,37)25-11-6-22(7-12-25)28(35)34(31-16-21-4-9-24(38-3)10-5-21)29-32-26-13-8-23(30)15-27(26)39-29/h4-13,15-16,19-20H,14,17-18H2,1-3H3/b31-16+. The molecule has 4 aromatic rings. The Bertz CT molecular complexity index is 1640. The van der Waals surface area contributed by atoms with E-state index in [-0.39, 0.29) is 4.90 Å². The molecular formula is C29H29BrN4O4S2. The molecule has 1 aliphatic rings. The highest BCUT2D eigenvalue weighted by atomic mass is 79.9. The maximum Gasteiger partial charge on any atom is 0.280 e. The van der Waals surface area contributed by atoms with E-state index in [1.165, 1.54) is 40.6 Å². The lowest BCUT2D eigenvalue weighted by Gasteiger charge is -2.34. The number of ether oxygens (including phenoxy) is 1. The number of amides is 1. The Balaban J connectivity index is 1.46. The number of sulfonamides is 1. The highest BCUT2D eigenvalue weighted by molar-refractivity contribution is 9.10. The summed E-state index contributed by atoms with van der Waals surface area (Å²) in [7, 11) is -2.07. The number of benzene rings is 3. The molecule has 5 rings (SSSR count). The van der Waals surface area contributed by atoms with E-state index in [0.29, 0.717) is 41.4 Å². The monoisotopic (exact) mass is 640 g/mol. The zero-order valence-corrected chi connectivity index (χ0v) is 25.5. The fraction of sp³-hybridized carbons (Fsp3) is 0.276. The molecule has 11 heteroatoms. The highest BCUT2D eigenvalue weighted by Gasteiger charge is 2.32. The van der Waals surface area contributed by atoms with Gasteiger partial charge in [0.15, 0.2) is 0 Å². The van der Waals surface area contributed by atoms with Crippen LogP contribution in [0.15, 0.2) is 81.2 Å². The average molecular weight is 642 g/mol. The number of carbonyl (C=O) groups excluding carboxylic acids is 1. The molecule has 0 spiro atoms. The Morgan fingerprint density at radius 3 is 2.40 bits per heavy atom. The summed E-state index contributed by atoms with van der Waals surface area (Å²) in [5.41, 5.74) is 1.81. The number of methoxy groups -OCH3 is 1. The number of hydrogen-bond acceptors (Lipinski definition) is 7. The molecule has 2 heterocycles. The lowest BCUT2D eigenvalue weighted by atomic mass is 9.94. The van der Waals surface area contributed by atoms with Gasteiger partial charge in [0.05, 0.1) is 28.4 Å². The molecule has 1 aromatic heterocycles. The van der Waals surface area contributed by atoms with E-state index in [1.54, 1.807) is 17.6 Å². The van der Waals surface area contributed by atoms with Gasteiger partial charge in [-0.3, -0.25) is 4.79 Å². The number of piperidine rings is 1. The number of hydrazone groups is 1. The Kier molecular flexibility index (Phi) is 8.37. The predicted octanol–water partition coefficient (Wildman–Crippen LogP) is 6.41. The van der Waals surface area contributed by atoms with Crippen molar-refractivity contribution in [3.8, 4) is 5.75 Å². The molecule has 8 nitrogen and oxygen atoms in total. The molecule has 0 radical (unpaired) electrons. The van der Waals surface area contributed by atoms with E-state index in [9.17, 15) is 13.2 Å². The molecule has 1 fully saturated rings. The smallest absolute Gasteiger partial charge is 0.280 e. The summed E-state index contributed by atoms with van der Waals surface area (Å²) in [6.45, 7) is 5.13. The van der Waals surface area contributed by atoms with Crippen molar-refractivity contribution in [1.82, 2.24) is 9.29 Å². The molecule has 1 aliphatic heterocycles. The van der Waals surface area contributed by atoms with Crippen LogP contribution in [0.1, 0.15) is 36.2 Å². The number of thiazole rings is 1. The van der Waals surface area contributed by atoms with Crippen molar-refractivity contribution in [2.45, 2.75) is 25.2 Å². The van der Waals surface area contributed by atoms with E-state index in [0.717, 1.165) is 26.7 Å². The van der Waals surface area contributed by atoms with Crippen LogP contribution >= 0.6 is 27.3 Å². The molecule has 0 bridgehead atoms. The fourth-order valence-electron chi connectivity index (χ4n) is 4.82. The number of anilines is 1. The number of fused-ring (bicyclic) bond motifs is 1. The lowest BCUT2D eigenvalue weighted by molar-refractivity contribution is 0.0987. The van der Waals surface area contributed by atoms with Gasteiger partial charge in [0, 0.05) is 23.1 Å². The molecule has 1 saturated heterocycles. The first-order valence-corrected chi connectivity index (χ1v) is 15.9. The van der Waals surface area contributed by atoms with Crippen LogP contribution in [0.4, 0.5) is 5.13 Å². The molecule has 208 valence electrons. The first kappa shape index (κ1) is 28.4. The normalized spacial score (nSPS) is 18.3. The predicted molar refractivity (Wildman–Crippen MR) is 163 cm³/mol. The van der Waals surface area contributed by atoms with Crippen LogP contribution < -0.4 is 9.75 Å². The first-order chi connectivity index (χ1) is 19.1. The number of aromatic nitrogens is 1.